The van der Waals surface area contributed by atoms with Crippen molar-refractivity contribution in [1.82, 2.24) is 29.0 Å². The van der Waals surface area contributed by atoms with Crippen LogP contribution < -0.4 is 5.56 Å². The van der Waals surface area contributed by atoms with Crippen molar-refractivity contribution in [2.75, 3.05) is 26.2 Å². The number of hydrogen-bond acceptors (Lipinski definition) is 5. The van der Waals surface area contributed by atoms with Crippen LogP contribution in [0.3, 0.4) is 0 Å². The summed E-state index contributed by atoms with van der Waals surface area (Å²) in [6, 6.07) is 7.59. The summed E-state index contributed by atoms with van der Waals surface area (Å²) in [5.74, 6) is 1.89. The van der Waals surface area contributed by atoms with Crippen LogP contribution in [0, 0.1) is 5.92 Å². The lowest BCUT2D eigenvalue weighted by Gasteiger charge is -2.32. The number of amides is 1. The number of aromatic nitrogens is 4. The lowest BCUT2D eigenvalue weighted by molar-refractivity contribution is -0.136. The van der Waals surface area contributed by atoms with Gasteiger partial charge in [0.2, 0.25) is 11.7 Å². The Morgan fingerprint density at radius 2 is 1.79 bits per heavy atom. The molecule has 1 aromatic carbocycles. The third-order valence-corrected chi connectivity index (χ3v) is 6.41. The summed E-state index contributed by atoms with van der Waals surface area (Å²) in [6.07, 6.45) is 4.07. The normalized spacial score (nSPS) is 18.9. The van der Waals surface area contributed by atoms with Crippen LogP contribution in [0.4, 0.5) is 0 Å². The van der Waals surface area contributed by atoms with Gasteiger partial charge in [0, 0.05) is 26.1 Å². The fraction of sp³-hybridized carbons (Fsp3) is 0.524. The molecule has 3 aromatic rings. The molecule has 2 fully saturated rings. The summed E-state index contributed by atoms with van der Waals surface area (Å²) in [7, 11) is 1.73. The fourth-order valence-corrected chi connectivity index (χ4v) is 4.73. The van der Waals surface area contributed by atoms with E-state index in [1.807, 2.05) is 33.6 Å². The highest BCUT2D eigenvalue weighted by molar-refractivity contribution is 5.80. The molecule has 0 atom stereocenters. The number of benzene rings is 1. The third kappa shape index (κ3) is 3.11. The van der Waals surface area contributed by atoms with Gasteiger partial charge in [0.1, 0.15) is 0 Å². The highest BCUT2D eigenvalue weighted by Crippen LogP contribution is 2.23. The quantitative estimate of drug-likeness (QED) is 0.672. The first-order valence-electron chi connectivity index (χ1n) is 10.5. The molecule has 4 heterocycles. The van der Waals surface area contributed by atoms with Crippen LogP contribution in [-0.2, 0) is 18.4 Å². The van der Waals surface area contributed by atoms with Gasteiger partial charge in [-0.25, -0.2) is 0 Å². The van der Waals surface area contributed by atoms with E-state index in [2.05, 4.69) is 15.1 Å². The number of piperidine rings is 1. The number of hydrogen-bond donors (Lipinski definition) is 0. The highest BCUT2D eigenvalue weighted by atomic mass is 16.2. The average Bonchev–Trinajstić information content (AvgIpc) is 3.43. The molecule has 2 aromatic heterocycles. The largest absolute Gasteiger partial charge is 0.342 e. The first kappa shape index (κ1) is 18.3. The van der Waals surface area contributed by atoms with Crippen LogP contribution in [-0.4, -0.2) is 61.1 Å². The van der Waals surface area contributed by atoms with Crippen molar-refractivity contribution in [1.29, 1.82) is 0 Å². The topological polar surface area (TPSA) is 75.7 Å². The van der Waals surface area contributed by atoms with E-state index in [-0.39, 0.29) is 11.5 Å². The van der Waals surface area contributed by atoms with Gasteiger partial charge in [0.25, 0.3) is 5.56 Å². The van der Waals surface area contributed by atoms with Crippen LogP contribution in [0.25, 0.3) is 16.7 Å². The maximum Gasteiger partial charge on any atom is 0.262 e. The molecule has 8 nitrogen and oxygen atoms in total. The molecule has 152 valence electrons. The standard InChI is InChI=1S/C21H26N6O2/c1-24-20(29)16-6-2-3-7-17(16)27-18(22-23-21(24)27)14-25-12-8-15(9-13-25)19(28)26-10-4-5-11-26/h2-3,6-7,15H,4-5,8-14H2,1H3. The molecule has 0 spiro atoms. The maximum absolute atomic E-state index is 12.7. The van der Waals surface area contributed by atoms with E-state index < -0.39 is 0 Å². The number of carbonyl (C=O) groups excluding carboxylic acids is 1. The van der Waals surface area contributed by atoms with Gasteiger partial charge in [0.15, 0.2) is 5.82 Å². The van der Waals surface area contributed by atoms with Crippen LogP contribution in [0.1, 0.15) is 31.5 Å². The summed E-state index contributed by atoms with van der Waals surface area (Å²) in [5.41, 5.74) is 0.776. The van der Waals surface area contributed by atoms with E-state index in [4.69, 9.17) is 0 Å². The summed E-state index contributed by atoms with van der Waals surface area (Å²) in [6.45, 7) is 4.27. The molecule has 2 saturated heterocycles. The lowest BCUT2D eigenvalue weighted by atomic mass is 9.95. The average molecular weight is 394 g/mol. The minimum absolute atomic E-state index is 0.0618. The van der Waals surface area contributed by atoms with Crippen molar-refractivity contribution in [3.8, 4) is 0 Å². The number of rotatable bonds is 3. The Bertz CT molecular complexity index is 1120. The van der Waals surface area contributed by atoms with E-state index in [1.54, 1.807) is 11.6 Å². The van der Waals surface area contributed by atoms with Crippen molar-refractivity contribution in [2.24, 2.45) is 13.0 Å². The number of aryl methyl sites for hydroxylation is 1. The Hall–Kier alpha value is -2.74. The van der Waals surface area contributed by atoms with Crippen molar-refractivity contribution in [3.63, 3.8) is 0 Å². The van der Waals surface area contributed by atoms with Crippen molar-refractivity contribution in [3.05, 3.63) is 40.4 Å². The summed E-state index contributed by atoms with van der Waals surface area (Å²) in [4.78, 5) is 29.6. The fourth-order valence-electron chi connectivity index (χ4n) is 4.73. The predicted molar refractivity (Wildman–Crippen MR) is 110 cm³/mol. The first-order chi connectivity index (χ1) is 14.1. The Morgan fingerprint density at radius 1 is 1.07 bits per heavy atom. The number of carbonyl (C=O) groups is 1. The first-order valence-corrected chi connectivity index (χ1v) is 10.5. The van der Waals surface area contributed by atoms with Crippen molar-refractivity contribution < 1.29 is 4.79 Å². The zero-order valence-electron chi connectivity index (χ0n) is 16.8. The van der Waals surface area contributed by atoms with E-state index in [0.717, 1.165) is 63.2 Å². The van der Waals surface area contributed by atoms with Crippen LogP contribution in [0.15, 0.2) is 29.1 Å². The van der Waals surface area contributed by atoms with E-state index >= 15 is 0 Å². The molecule has 2 aliphatic rings. The van der Waals surface area contributed by atoms with Crippen LogP contribution in [0.5, 0.6) is 0 Å². The predicted octanol–water partition coefficient (Wildman–Crippen LogP) is 1.42. The Balaban J connectivity index is 1.37. The Kier molecular flexibility index (Phi) is 4.58. The van der Waals surface area contributed by atoms with Gasteiger partial charge in [-0.1, -0.05) is 12.1 Å². The Morgan fingerprint density at radius 3 is 2.55 bits per heavy atom. The highest BCUT2D eigenvalue weighted by Gasteiger charge is 2.30. The second-order valence-electron chi connectivity index (χ2n) is 8.22. The maximum atomic E-state index is 12.7. The minimum Gasteiger partial charge on any atom is -0.342 e. The van der Waals surface area contributed by atoms with E-state index in [0.29, 0.717) is 23.6 Å². The molecule has 2 aliphatic heterocycles. The molecule has 5 rings (SSSR count). The molecular weight excluding hydrogens is 368 g/mol. The molecule has 0 bridgehead atoms. The molecule has 0 radical (unpaired) electrons. The van der Waals surface area contributed by atoms with Gasteiger partial charge < -0.3 is 4.90 Å². The van der Waals surface area contributed by atoms with E-state index in [9.17, 15) is 9.59 Å². The zero-order chi connectivity index (χ0) is 20.0. The minimum atomic E-state index is -0.0618. The Labute approximate surface area is 168 Å². The molecule has 8 heteroatoms. The molecular formula is C21H26N6O2. The monoisotopic (exact) mass is 394 g/mol. The van der Waals surface area contributed by atoms with Gasteiger partial charge in [-0.2, -0.15) is 0 Å². The molecule has 0 saturated carbocycles. The van der Waals surface area contributed by atoms with Crippen molar-refractivity contribution in [2.45, 2.75) is 32.2 Å². The molecule has 1 amide bonds. The van der Waals surface area contributed by atoms with Gasteiger partial charge in [-0.15, -0.1) is 10.2 Å². The summed E-state index contributed by atoms with van der Waals surface area (Å²) in [5, 5.41) is 9.34. The van der Waals surface area contributed by atoms with E-state index in [1.165, 1.54) is 0 Å². The number of para-hydroxylation sites is 1. The number of nitrogens with zero attached hydrogens (tertiary/aromatic N) is 6. The lowest BCUT2D eigenvalue weighted by Crippen LogP contribution is -2.41. The summed E-state index contributed by atoms with van der Waals surface area (Å²) >= 11 is 0. The number of likely N-dealkylation sites (tertiary alicyclic amines) is 2. The molecule has 0 aliphatic carbocycles. The third-order valence-electron chi connectivity index (χ3n) is 6.41. The second kappa shape index (κ2) is 7.26. The summed E-state index contributed by atoms with van der Waals surface area (Å²) < 4.78 is 3.54. The van der Waals surface area contributed by atoms with Gasteiger partial charge >= 0.3 is 0 Å². The number of fused-ring (bicyclic) bond motifs is 3. The zero-order valence-corrected chi connectivity index (χ0v) is 16.8. The molecule has 0 N–H and O–H groups in total. The smallest absolute Gasteiger partial charge is 0.262 e. The van der Waals surface area contributed by atoms with Crippen molar-refractivity contribution >= 4 is 22.6 Å². The van der Waals surface area contributed by atoms with Crippen LogP contribution >= 0.6 is 0 Å². The molecule has 0 unspecified atom stereocenters. The van der Waals surface area contributed by atoms with Gasteiger partial charge in [-0.05, 0) is 50.9 Å². The van der Waals surface area contributed by atoms with Gasteiger partial charge in [0.05, 0.1) is 17.4 Å². The van der Waals surface area contributed by atoms with Gasteiger partial charge in [-0.3, -0.25) is 23.5 Å². The second-order valence-corrected chi connectivity index (χ2v) is 8.22. The SMILES string of the molecule is Cn1c(=O)c2ccccc2n2c(CN3CCC(C(=O)N4CCCC4)CC3)nnc12. The molecule has 29 heavy (non-hydrogen) atoms. The van der Waals surface area contributed by atoms with Crippen LogP contribution in [0.2, 0.25) is 0 Å².